The van der Waals surface area contributed by atoms with E-state index in [4.69, 9.17) is 14.2 Å². The van der Waals surface area contributed by atoms with Gasteiger partial charge in [-0.2, -0.15) is 13.2 Å². The molecular weight excluding hydrogens is 531 g/mol. The molecule has 2 N–H and O–H groups in total. The second-order valence-corrected chi connectivity index (χ2v) is 9.56. The first-order chi connectivity index (χ1) is 18.7. The minimum atomic E-state index is -4.58. The van der Waals surface area contributed by atoms with Crippen molar-refractivity contribution in [3.05, 3.63) is 66.4 Å². The average molecular weight is 560 g/mol. The predicted molar refractivity (Wildman–Crippen MR) is 142 cm³/mol. The van der Waals surface area contributed by atoms with Gasteiger partial charge in [-0.1, -0.05) is 18.2 Å². The lowest BCUT2D eigenvalue weighted by Gasteiger charge is -2.21. The lowest BCUT2D eigenvalue weighted by molar-refractivity contribution is -0.153. The Hall–Kier alpha value is -4.61. The molecule has 12 heteroatoms. The number of alkyl halides is 3. The predicted octanol–water partition coefficient (Wildman–Crippen LogP) is 6.26. The van der Waals surface area contributed by atoms with Crippen molar-refractivity contribution < 1.29 is 41.8 Å². The van der Waals surface area contributed by atoms with Crippen LogP contribution in [0.4, 0.5) is 29.3 Å². The number of nitrogens with one attached hydrogen (secondary N) is 2. The lowest BCUT2D eigenvalue weighted by Crippen LogP contribution is -2.28. The monoisotopic (exact) mass is 559 g/mol. The van der Waals surface area contributed by atoms with Gasteiger partial charge in [0.15, 0.2) is 12.4 Å². The fourth-order valence-corrected chi connectivity index (χ4v) is 3.39. The Morgan fingerprint density at radius 1 is 0.900 bits per heavy atom. The Morgan fingerprint density at radius 3 is 2.27 bits per heavy atom. The topological polar surface area (TPSA) is 116 Å². The van der Waals surface area contributed by atoms with Crippen LogP contribution in [-0.2, 0) is 9.53 Å². The van der Waals surface area contributed by atoms with Crippen LogP contribution in [0.15, 0.2) is 60.8 Å². The molecule has 1 heterocycles. The molecule has 0 unspecified atom stereocenters. The Bertz CT molecular complexity index is 1370. The molecule has 3 aromatic rings. The molecule has 0 fully saturated rings. The molecule has 3 rings (SSSR count). The molecular formula is C28H28F3N3O6. The number of benzene rings is 2. The lowest BCUT2D eigenvalue weighted by atomic mass is 10.0. The first kappa shape index (κ1) is 29.9. The first-order valence-electron chi connectivity index (χ1n) is 12.0. The fraction of sp³-hybridized carbons (Fsp3) is 0.286. The summed E-state index contributed by atoms with van der Waals surface area (Å²) in [6.45, 7) is 3.34. The van der Waals surface area contributed by atoms with Gasteiger partial charge < -0.3 is 19.5 Å². The van der Waals surface area contributed by atoms with Gasteiger partial charge in [0.1, 0.15) is 11.4 Å². The summed E-state index contributed by atoms with van der Waals surface area (Å²) in [5.41, 5.74) is 0.822. The van der Waals surface area contributed by atoms with E-state index in [1.54, 1.807) is 63.4 Å². The van der Waals surface area contributed by atoms with Gasteiger partial charge in [-0.3, -0.25) is 14.9 Å². The van der Waals surface area contributed by atoms with Crippen LogP contribution in [0.5, 0.6) is 11.6 Å². The zero-order chi connectivity index (χ0) is 29.5. The first-order valence-corrected chi connectivity index (χ1v) is 12.0. The van der Waals surface area contributed by atoms with E-state index in [1.807, 2.05) is 0 Å². The van der Waals surface area contributed by atoms with Crippen molar-refractivity contribution in [3.8, 4) is 22.8 Å². The summed E-state index contributed by atoms with van der Waals surface area (Å²) >= 11 is 0. The van der Waals surface area contributed by atoms with Gasteiger partial charge in [-0.25, -0.2) is 9.78 Å². The number of hydrogen-bond donors (Lipinski definition) is 2. The van der Waals surface area contributed by atoms with E-state index in [9.17, 15) is 27.6 Å². The van der Waals surface area contributed by atoms with Crippen LogP contribution in [0.2, 0.25) is 0 Å². The largest absolute Gasteiger partial charge is 0.484 e. The van der Waals surface area contributed by atoms with Crippen LogP contribution in [0.25, 0.3) is 11.1 Å². The maximum atomic E-state index is 12.9. The second-order valence-electron chi connectivity index (χ2n) is 9.56. The quantitative estimate of drug-likeness (QED) is 0.235. The molecule has 0 spiro atoms. The van der Waals surface area contributed by atoms with Crippen LogP contribution < -0.4 is 20.1 Å². The number of aromatic nitrogens is 1. The molecule has 0 saturated carbocycles. The van der Waals surface area contributed by atoms with E-state index in [-0.39, 0.29) is 22.7 Å². The van der Waals surface area contributed by atoms with E-state index in [0.717, 1.165) is 11.6 Å². The summed E-state index contributed by atoms with van der Waals surface area (Å²) < 4.78 is 52.8. The van der Waals surface area contributed by atoms with Crippen molar-refractivity contribution in [2.24, 2.45) is 0 Å². The molecule has 0 aliphatic carbocycles. The third kappa shape index (κ3) is 9.29. The van der Waals surface area contributed by atoms with E-state index in [1.165, 1.54) is 19.2 Å². The van der Waals surface area contributed by atoms with Crippen molar-refractivity contribution >= 4 is 29.2 Å². The third-order valence-electron chi connectivity index (χ3n) is 5.09. The zero-order valence-corrected chi connectivity index (χ0v) is 22.2. The number of hydrogen-bond acceptors (Lipinski definition) is 7. The van der Waals surface area contributed by atoms with Crippen molar-refractivity contribution in [2.75, 3.05) is 24.4 Å². The standard InChI is InChI=1S/C28H28F3N3O6/c1-27(2,3)40-26(37)34-22-13-20(39-16-28(29,30)31)9-10-21(22)33-24(36)14-23(35)18-7-5-6-17(12-18)19-8-11-25(38-4)32-15-19/h5-13,15H,14,16H2,1-4H3,(H,33,36)(H,34,37). The number of methoxy groups -OCH3 is 1. The zero-order valence-electron chi connectivity index (χ0n) is 22.2. The Morgan fingerprint density at radius 2 is 1.65 bits per heavy atom. The van der Waals surface area contributed by atoms with E-state index >= 15 is 0 Å². The van der Waals surface area contributed by atoms with E-state index in [0.29, 0.717) is 11.4 Å². The van der Waals surface area contributed by atoms with E-state index in [2.05, 4.69) is 15.6 Å². The molecule has 40 heavy (non-hydrogen) atoms. The van der Waals surface area contributed by atoms with Gasteiger partial charge in [0, 0.05) is 29.5 Å². The second kappa shape index (κ2) is 12.5. The normalized spacial score (nSPS) is 11.4. The van der Waals surface area contributed by atoms with Gasteiger partial charge in [0.25, 0.3) is 0 Å². The number of ketones is 1. The summed E-state index contributed by atoms with van der Waals surface area (Å²) in [4.78, 5) is 42.1. The van der Waals surface area contributed by atoms with Gasteiger partial charge in [-0.15, -0.1) is 0 Å². The Kier molecular flexibility index (Phi) is 9.35. The molecule has 0 saturated heterocycles. The number of anilines is 2. The third-order valence-corrected chi connectivity index (χ3v) is 5.09. The summed E-state index contributed by atoms with van der Waals surface area (Å²) in [5.74, 6) is -0.958. The van der Waals surface area contributed by atoms with Crippen molar-refractivity contribution in [1.29, 1.82) is 0 Å². The van der Waals surface area contributed by atoms with Crippen molar-refractivity contribution in [3.63, 3.8) is 0 Å². The number of ether oxygens (including phenoxy) is 3. The van der Waals surface area contributed by atoms with Crippen LogP contribution in [0, 0.1) is 0 Å². The molecule has 0 aliphatic rings. The number of nitrogens with zero attached hydrogens (tertiary/aromatic N) is 1. The number of pyridine rings is 1. The van der Waals surface area contributed by atoms with Crippen molar-refractivity contribution in [1.82, 2.24) is 4.98 Å². The van der Waals surface area contributed by atoms with Crippen LogP contribution >= 0.6 is 0 Å². The van der Waals surface area contributed by atoms with Gasteiger partial charge in [0.2, 0.25) is 11.8 Å². The fourth-order valence-electron chi connectivity index (χ4n) is 3.39. The summed E-state index contributed by atoms with van der Waals surface area (Å²) in [6.07, 6.45) is -4.43. The Balaban J connectivity index is 1.75. The summed E-state index contributed by atoms with van der Waals surface area (Å²) in [5, 5.41) is 4.90. The maximum Gasteiger partial charge on any atom is 0.422 e. The van der Waals surface area contributed by atoms with E-state index < -0.39 is 42.6 Å². The molecule has 9 nitrogen and oxygen atoms in total. The number of amides is 2. The minimum Gasteiger partial charge on any atom is -0.484 e. The highest BCUT2D eigenvalue weighted by Gasteiger charge is 2.28. The molecule has 0 aliphatic heterocycles. The average Bonchev–Trinajstić information content (AvgIpc) is 2.87. The summed E-state index contributed by atoms with van der Waals surface area (Å²) in [7, 11) is 1.50. The molecule has 1 aromatic heterocycles. The molecule has 0 bridgehead atoms. The van der Waals surface area contributed by atoms with Gasteiger partial charge >= 0.3 is 12.3 Å². The SMILES string of the molecule is COc1ccc(-c2cccc(C(=O)CC(=O)Nc3ccc(OCC(F)(F)F)cc3NC(=O)OC(C)(C)C)c2)cn1. The highest BCUT2D eigenvalue weighted by molar-refractivity contribution is 6.12. The molecule has 0 radical (unpaired) electrons. The number of carbonyl (C=O) groups excluding carboxylic acids is 3. The molecule has 2 aromatic carbocycles. The van der Waals surface area contributed by atoms with Crippen molar-refractivity contribution in [2.45, 2.75) is 39.0 Å². The number of halogens is 3. The molecule has 0 atom stereocenters. The highest BCUT2D eigenvalue weighted by Crippen LogP contribution is 2.30. The van der Waals surface area contributed by atoms with Crippen LogP contribution in [-0.4, -0.2) is 48.3 Å². The molecule has 2 amide bonds. The number of rotatable bonds is 9. The number of carbonyl (C=O) groups is 3. The maximum absolute atomic E-state index is 12.9. The molecule has 212 valence electrons. The van der Waals surface area contributed by atoms with Gasteiger partial charge in [-0.05, 0) is 50.6 Å². The summed E-state index contributed by atoms with van der Waals surface area (Å²) in [6, 6.07) is 13.7. The van der Waals surface area contributed by atoms with Crippen LogP contribution in [0.3, 0.4) is 0 Å². The number of Topliss-reactive ketones (excluding diaryl/α,β-unsaturated/α-hetero) is 1. The smallest absolute Gasteiger partial charge is 0.422 e. The minimum absolute atomic E-state index is 0.0288. The van der Waals surface area contributed by atoms with Gasteiger partial charge in [0.05, 0.1) is 24.9 Å². The van der Waals surface area contributed by atoms with Crippen LogP contribution in [0.1, 0.15) is 37.6 Å². The Labute approximate surface area is 228 Å². The highest BCUT2D eigenvalue weighted by atomic mass is 19.4.